The lowest BCUT2D eigenvalue weighted by atomic mass is 10.1. The number of alkyl halides is 2. The molecule has 2 rings (SSSR count). The van der Waals surface area contributed by atoms with E-state index in [1.165, 1.54) is 12.1 Å². The van der Waals surface area contributed by atoms with Crippen LogP contribution >= 0.6 is 0 Å². The molecule has 2 aromatic rings. The number of rotatable bonds is 5. The van der Waals surface area contributed by atoms with Gasteiger partial charge in [-0.3, -0.25) is 4.68 Å². The van der Waals surface area contributed by atoms with Crippen molar-refractivity contribution in [2.75, 3.05) is 6.54 Å². The summed E-state index contributed by atoms with van der Waals surface area (Å²) in [5.74, 6) is 0. The summed E-state index contributed by atoms with van der Waals surface area (Å²) in [6.45, 7) is 1.30. The van der Waals surface area contributed by atoms with Crippen molar-refractivity contribution in [2.24, 2.45) is 5.73 Å². The van der Waals surface area contributed by atoms with Crippen LogP contribution in [0, 0.1) is 0 Å². The quantitative estimate of drug-likeness (QED) is 0.887. The van der Waals surface area contributed by atoms with E-state index in [0.717, 1.165) is 12.0 Å². The lowest BCUT2D eigenvalue weighted by Gasteiger charge is -2.00. The molecule has 0 aliphatic heterocycles. The first kappa shape index (κ1) is 12.6. The molecule has 0 aliphatic rings. The molecule has 1 aromatic heterocycles. The first-order valence-corrected chi connectivity index (χ1v) is 5.69. The molecule has 0 spiro atoms. The summed E-state index contributed by atoms with van der Waals surface area (Å²) in [5.41, 5.74) is 6.87. The molecule has 0 bridgehead atoms. The molecule has 0 saturated heterocycles. The SMILES string of the molecule is NCCCn1cc(-c2ccc(C(F)F)cc2)nn1. The fourth-order valence-electron chi connectivity index (χ4n) is 1.59. The molecule has 0 saturated carbocycles. The highest BCUT2D eigenvalue weighted by molar-refractivity contribution is 5.58. The Labute approximate surface area is 103 Å². The average Bonchev–Trinajstić information content (AvgIpc) is 2.85. The van der Waals surface area contributed by atoms with Crippen molar-refractivity contribution in [3.8, 4) is 11.3 Å². The van der Waals surface area contributed by atoms with Gasteiger partial charge in [-0.1, -0.05) is 29.5 Å². The lowest BCUT2D eigenvalue weighted by Crippen LogP contribution is -2.06. The van der Waals surface area contributed by atoms with Crippen LogP contribution in [0.2, 0.25) is 0 Å². The summed E-state index contributed by atoms with van der Waals surface area (Å²) in [4.78, 5) is 0. The third-order valence-electron chi connectivity index (χ3n) is 2.59. The second-order valence-electron chi connectivity index (χ2n) is 3.93. The number of aromatic nitrogens is 3. The molecule has 1 heterocycles. The summed E-state index contributed by atoms with van der Waals surface area (Å²) in [6.07, 6.45) is 0.166. The van der Waals surface area contributed by atoms with E-state index in [4.69, 9.17) is 5.73 Å². The Bertz CT molecular complexity index is 493. The molecule has 0 fully saturated rings. The monoisotopic (exact) mass is 252 g/mol. The van der Waals surface area contributed by atoms with E-state index in [-0.39, 0.29) is 5.56 Å². The zero-order chi connectivity index (χ0) is 13.0. The zero-order valence-corrected chi connectivity index (χ0v) is 9.76. The Kier molecular flexibility index (Phi) is 3.99. The van der Waals surface area contributed by atoms with Crippen LogP contribution < -0.4 is 5.73 Å². The van der Waals surface area contributed by atoms with Crippen molar-refractivity contribution in [3.63, 3.8) is 0 Å². The summed E-state index contributed by atoms with van der Waals surface area (Å²) in [6, 6.07) is 6.05. The fourth-order valence-corrected chi connectivity index (χ4v) is 1.59. The van der Waals surface area contributed by atoms with Gasteiger partial charge >= 0.3 is 0 Å². The number of hydrogen-bond acceptors (Lipinski definition) is 3. The van der Waals surface area contributed by atoms with Crippen LogP contribution in [0.25, 0.3) is 11.3 Å². The van der Waals surface area contributed by atoms with Crippen molar-refractivity contribution in [3.05, 3.63) is 36.0 Å². The Hall–Kier alpha value is -1.82. The highest BCUT2D eigenvalue weighted by Crippen LogP contribution is 2.22. The van der Waals surface area contributed by atoms with E-state index >= 15 is 0 Å². The van der Waals surface area contributed by atoms with E-state index < -0.39 is 6.43 Å². The average molecular weight is 252 g/mol. The molecule has 0 unspecified atom stereocenters. The predicted molar refractivity (Wildman–Crippen MR) is 64.1 cm³/mol. The van der Waals surface area contributed by atoms with Gasteiger partial charge in [0.1, 0.15) is 5.69 Å². The summed E-state index contributed by atoms with van der Waals surface area (Å²) >= 11 is 0. The first-order valence-electron chi connectivity index (χ1n) is 5.69. The van der Waals surface area contributed by atoms with Gasteiger partial charge in [-0.25, -0.2) is 8.78 Å². The number of benzene rings is 1. The van der Waals surface area contributed by atoms with Crippen molar-refractivity contribution in [1.29, 1.82) is 0 Å². The van der Waals surface area contributed by atoms with Crippen LogP contribution in [0.5, 0.6) is 0 Å². The molecule has 2 N–H and O–H groups in total. The second-order valence-corrected chi connectivity index (χ2v) is 3.93. The van der Waals surface area contributed by atoms with Gasteiger partial charge in [-0.05, 0) is 13.0 Å². The van der Waals surface area contributed by atoms with Gasteiger partial charge in [0.25, 0.3) is 6.43 Å². The topological polar surface area (TPSA) is 56.7 Å². The summed E-state index contributed by atoms with van der Waals surface area (Å²) < 4.78 is 26.5. The molecule has 18 heavy (non-hydrogen) atoms. The molecular formula is C12H14F2N4. The van der Waals surface area contributed by atoms with E-state index in [0.29, 0.717) is 18.8 Å². The van der Waals surface area contributed by atoms with Crippen LogP contribution in [0.1, 0.15) is 18.4 Å². The number of aryl methyl sites for hydroxylation is 1. The van der Waals surface area contributed by atoms with Crippen LogP contribution in [-0.4, -0.2) is 21.5 Å². The van der Waals surface area contributed by atoms with Gasteiger partial charge in [0, 0.05) is 17.7 Å². The van der Waals surface area contributed by atoms with Crippen molar-refractivity contribution < 1.29 is 8.78 Å². The molecule has 6 heteroatoms. The number of nitrogens with two attached hydrogens (primary N) is 1. The summed E-state index contributed by atoms with van der Waals surface area (Å²) in [7, 11) is 0. The molecule has 0 radical (unpaired) electrons. The maximum absolute atomic E-state index is 12.4. The van der Waals surface area contributed by atoms with Crippen LogP contribution in [0.4, 0.5) is 8.78 Å². The maximum atomic E-state index is 12.4. The van der Waals surface area contributed by atoms with Gasteiger partial charge in [-0.15, -0.1) is 5.10 Å². The largest absolute Gasteiger partial charge is 0.330 e. The zero-order valence-electron chi connectivity index (χ0n) is 9.76. The maximum Gasteiger partial charge on any atom is 0.263 e. The van der Waals surface area contributed by atoms with Crippen LogP contribution in [0.15, 0.2) is 30.5 Å². The number of nitrogens with zero attached hydrogens (tertiary/aromatic N) is 3. The van der Waals surface area contributed by atoms with Gasteiger partial charge in [0.05, 0.1) is 6.20 Å². The van der Waals surface area contributed by atoms with Crippen LogP contribution in [0.3, 0.4) is 0 Å². The van der Waals surface area contributed by atoms with Crippen molar-refractivity contribution in [1.82, 2.24) is 15.0 Å². The number of halogens is 2. The van der Waals surface area contributed by atoms with Gasteiger partial charge in [-0.2, -0.15) is 0 Å². The van der Waals surface area contributed by atoms with Gasteiger partial charge in [0.15, 0.2) is 0 Å². The highest BCUT2D eigenvalue weighted by Gasteiger charge is 2.08. The Balaban J connectivity index is 2.13. The van der Waals surface area contributed by atoms with E-state index in [1.807, 2.05) is 0 Å². The summed E-state index contributed by atoms with van der Waals surface area (Å²) in [5, 5.41) is 7.95. The molecule has 0 aliphatic carbocycles. The lowest BCUT2D eigenvalue weighted by molar-refractivity contribution is 0.151. The molecule has 0 atom stereocenters. The normalized spacial score (nSPS) is 11.1. The smallest absolute Gasteiger partial charge is 0.263 e. The molecule has 1 aromatic carbocycles. The minimum atomic E-state index is -2.45. The molecule has 4 nitrogen and oxygen atoms in total. The van der Waals surface area contributed by atoms with Crippen LogP contribution in [-0.2, 0) is 6.54 Å². The van der Waals surface area contributed by atoms with Gasteiger partial charge in [0.2, 0.25) is 0 Å². The fraction of sp³-hybridized carbons (Fsp3) is 0.333. The Morgan fingerprint density at radius 3 is 2.56 bits per heavy atom. The number of hydrogen-bond donors (Lipinski definition) is 1. The Morgan fingerprint density at radius 2 is 1.94 bits per heavy atom. The van der Waals surface area contributed by atoms with Gasteiger partial charge < -0.3 is 5.73 Å². The van der Waals surface area contributed by atoms with Crippen molar-refractivity contribution >= 4 is 0 Å². The first-order chi connectivity index (χ1) is 8.70. The standard InChI is InChI=1S/C12H14F2N4/c13-12(14)10-4-2-9(3-5-10)11-8-18(17-16-11)7-1-6-15/h2-5,8,12H,1,6-7,15H2. The third-order valence-corrected chi connectivity index (χ3v) is 2.59. The van der Waals surface area contributed by atoms with E-state index in [2.05, 4.69) is 10.3 Å². The predicted octanol–water partition coefficient (Wildman–Crippen LogP) is 2.23. The Morgan fingerprint density at radius 1 is 1.22 bits per heavy atom. The highest BCUT2D eigenvalue weighted by atomic mass is 19.3. The van der Waals surface area contributed by atoms with E-state index in [1.54, 1.807) is 23.0 Å². The van der Waals surface area contributed by atoms with E-state index in [9.17, 15) is 8.78 Å². The molecular weight excluding hydrogens is 238 g/mol. The minimum Gasteiger partial charge on any atom is -0.330 e. The van der Waals surface area contributed by atoms with Crippen molar-refractivity contribution in [2.45, 2.75) is 19.4 Å². The third kappa shape index (κ3) is 2.89. The molecule has 0 amide bonds. The molecule has 96 valence electrons. The minimum absolute atomic E-state index is 0.00859. The second kappa shape index (κ2) is 5.68.